The quantitative estimate of drug-likeness (QED) is 0.219. The summed E-state index contributed by atoms with van der Waals surface area (Å²) in [5.74, 6) is -0.952. The molecule has 0 bridgehead atoms. The lowest BCUT2D eigenvalue weighted by atomic mass is 10.0. The summed E-state index contributed by atoms with van der Waals surface area (Å²) in [7, 11) is 0. The maximum Gasteiger partial charge on any atom is 0.326 e. The van der Waals surface area contributed by atoms with Crippen LogP contribution in [0.5, 0.6) is 5.75 Å². The largest absolute Gasteiger partial charge is 0.508 e. The molecule has 0 aliphatic carbocycles. The van der Waals surface area contributed by atoms with Crippen molar-refractivity contribution in [2.45, 2.75) is 35.8 Å². The molecule has 11 heteroatoms. The molecule has 1 aromatic heterocycles. The molecule has 4 aromatic rings. The van der Waals surface area contributed by atoms with Crippen LogP contribution >= 0.6 is 11.8 Å². The second-order valence-corrected chi connectivity index (χ2v) is 9.34. The first-order valence-electron chi connectivity index (χ1n) is 11.5. The number of benzene rings is 3. The first kappa shape index (κ1) is 25.9. The van der Waals surface area contributed by atoms with Crippen molar-refractivity contribution in [1.29, 1.82) is 0 Å². The molecule has 37 heavy (non-hydrogen) atoms. The van der Waals surface area contributed by atoms with E-state index in [1.807, 2.05) is 54.6 Å². The van der Waals surface area contributed by atoms with E-state index in [1.165, 1.54) is 11.8 Å². The highest BCUT2D eigenvalue weighted by atomic mass is 32.2. The van der Waals surface area contributed by atoms with E-state index in [9.17, 15) is 19.8 Å². The Hall–Kier alpha value is -4.22. The average molecular weight is 519 g/mol. The van der Waals surface area contributed by atoms with Crippen molar-refractivity contribution in [3.63, 3.8) is 0 Å². The number of carboxylic acids is 1. The molecule has 4 rings (SSSR count). The molecule has 0 radical (unpaired) electrons. The number of carbonyl (C=O) groups is 2. The Kier molecular flexibility index (Phi) is 8.49. The number of nitrogens with two attached hydrogens (primary N) is 1. The molecule has 2 unspecified atom stereocenters. The number of nitrogens with zero attached hydrogens (tertiary/aromatic N) is 4. The molecule has 0 fully saturated rings. The minimum absolute atomic E-state index is 0.114. The number of aliphatic carboxylic acids is 1. The molecule has 0 aliphatic rings. The lowest BCUT2D eigenvalue weighted by Gasteiger charge is -2.18. The Morgan fingerprint density at radius 1 is 0.946 bits per heavy atom. The number of carboxylic acid groups (broad SMARTS) is 1. The van der Waals surface area contributed by atoms with Gasteiger partial charge in [0, 0.05) is 12.2 Å². The number of hydrogen-bond acceptors (Lipinski definition) is 8. The van der Waals surface area contributed by atoms with Crippen LogP contribution in [0.3, 0.4) is 0 Å². The van der Waals surface area contributed by atoms with Crippen molar-refractivity contribution in [2.75, 3.05) is 0 Å². The Bertz CT molecular complexity index is 1350. The molecular formula is C26H26N6O4S. The van der Waals surface area contributed by atoms with Crippen molar-refractivity contribution >= 4 is 23.6 Å². The van der Waals surface area contributed by atoms with Gasteiger partial charge >= 0.3 is 5.97 Å². The van der Waals surface area contributed by atoms with Gasteiger partial charge in [0.2, 0.25) is 11.1 Å². The summed E-state index contributed by atoms with van der Waals surface area (Å²) in [5.41, 5.74) is 9.35. The molecule has 190 valence electrons. The van der Waals surface area contributed by atoms with E-state index in [0.29, 0.717) is 23.0 Å². The van der Waals surface area contributed by atoms with Crippen molar-refractivity contribution in [3.05, 3.63) is 95.6 Å². The molecule has 0 saturated heterocycles. The second-order valence-electron chi connectivity index (χ2n) is 8.40. The number of phenolic OH excluding ortho intramolecular Hbond substituents is 1. The van der Waals surface area contributed by atoms with Crippen molar-refractivity contribution in [3.8, 4) is 11.4 Å². The van der Waals surface area contributed by atoms with Gasteiger partial charge in [0.25, 0.3) is 0 Å². The minimum atomic E-state index is -1.13. The van der Waals surface area contributed by atoms with Gasteiger partial charge in [-0.05, 0) is 57.8 Å². The molecule has 5 N–H and O–H groups in total. The smallest absolute Gasteiger partial charge is 0.326 e. The van der Waals surface area contributed by atoms with Gasteiger partial charge in [0.05, 0.1) is 11.7 Å². The molecule has 10 nitrogen and oxygen atoms in total. The van der Waals surface area contributed by atoms with E-state index in [0.717, 1.165) is 16.7 Å². The van der Waals surface area contributed by atoms with Crippen molar-refractivity contribution in [1.82, 2.24) is 25.5 Å². The summed E-state index contributed by atoms with van der Waals surface area (Å²) in [6.07, 6.45) is 0.429. The van der Waals surface area contributed by atoms with E-state index in [1.54, 1.807) is 28.9 Å². The van der Waals surface area contributed by atoms with Gasteiger partial charge in [-0.1, -0.05) is 66.4 Å². The lowest BCUT2D eigenvalue weighted by molar-refractivity contribution is -0.141. The molecule has 0 aliphatic heterocycles. The number of tetrazole rings is 1. The van der Waals surface area contributed by atoms with Crippen LogP contribution in [-0.4, -0.2) is 54.4 Å². The predicted molar refractivity (Wildman–Crippen MR) is 138 cm³/mol. The van der Waals surface area contributed by atoms with Crippen LogP contribution in [0.15, 0.2) is 84.0 Å². The molecule has 0 saturated carbocycles. The zero-order valence-electron chi connectivity index (χ0n) is 19.8. The van der Waals surface area contributed by atoms with Gasteiger partial charge < -0.3 is 21.3 Å². The topological polar surface area (TPSA) is 156 Å². The summed E-state index contributed by atoms with van der Waals surface area (Å²) in [6.45, 7) is 0. The Morgan fingerprint density at radius 2 is 1.65 bits per heavy atom. The van der Waals surface area contributed by atoms with Crippen molar-refractivity contribution in [2.24, 2.45) is 5.73 Å². The van der Waals surface area contributed by atoms with Crippen LogP contribution in [-0.2, 0) is 28.2 Å². The minimum Gasteiger partial charge on any atom is -0.508 e. The van der Waals surface area contributed by atoms with Crippen LogP contribution in [0.4, 0.5) is 0 Å². The number of amides is 1. The maximum absolute atomic E-state index is 12.6. The maximum atomic E-state index is 12.6. The van der Waals surface area contributed by atoms with Crippen molar-refractivity contribution < 1.29 is 19.8 Å². The SMILES string of the molecule is NC(Cc1ccccc1)C(=O)NC(Cc1cccc(CSc2nnnn2-c2ccc(O)cc2)c1)C(=O)O. The van der Waals surface area contributed by atoms with Crippen LogP contribution in [0.2, 0.25) is 0 Å². The number of aromatic nitrogens is 4. The van der Waals surface area contributed by atoms with E-state index >= 15 is 0 Å². The highest BCUT2D eigenvalue weighted by molar-refractivity contribution is 7.98. The Labute approximate surface area is 217 Å². The molecule has 3 aromatic carbocycles. The second kappa shape index (κ2) is 12.2. The Balaban J connectivity index is 1.37. The molecule has 1 heterocycles. The van der Waals surface area contributed by atoms with Crippen LogP contribution in [0, 0.1) is 0 Å². The monoisotopic (exact) mass is 518 g/mol. The van der Waals surface area contributed by atoms with E-state index < -0.39 is 24.0 Å². The zero-order chi connectivity index (χ0) is 26.2. The fourth-order valence-corrected chi connectivity index (χ4v) is 4.53. The molecule has 2 atom stereocenters. The zero-order valence-corrected chi connectivity index (χ0v) is 20.6. The summed E-state index contributed by atoms with van der Waals surface area (Å²) >= 11 is 1.42. The number of phenols is 1. The number of thioether (sulfide) groups is 1. The summed E-state index contributed by atoms with van der Waals surface area (Å²) in [4.78, 5) is 24.5. The number of hydrogen-bond donors (Lipinski definition) is 4. The van der Waals surface area contributed by atoms with E-state index in [-0.39, 0.29) is 12.2 Å². The highest BCUT2D eigenvalue weighted by Gasteiger charge is 2.24. The number of aromatic hydroxyl groups is 1. The highest BCUT2D eigenvalue weighted by Crippen LogP contribution is 2.24. The third-order valence-corrected chi connectivity index (χ3v) is 6.57. The first-order chi connectivity index (χ1) is 17.9. The van der Waals surface area contributed by atoms with E-state index in [4.69, 9.17) is 5.73 Å². The van der Waals surface area contributed by atoms with Gasteiger partial charge in [-0.3, -0.25) is 4.79 Å². The van der Waals surface area contributed by atoms with Gasteiger partial charge in [-0.15, -0.1) is 5.10 Å². The predicted octanol–water partition coefficient (Wildman–Crippen LogP) is 2.34. The molecular weight excluding hydrogens is 492 g/mol. The summed E-state index contributed by atoms with van der Waals surface area (Å²) in [6, 6.07) is 21.4. The first-order valence-corrected chi connectivity index (χ1v) is 12.5. The van der Waals surface area contributed by atoms with Gasteiger partial charge in [0.15, 0.2) is 0 Å². The third kappa shape index (κ3) is 7.15. The summed E-state index contributed by atoms with van der Waals surface area (Å²) < 4.78 is 1.57. The van der Waals surface area contributed by atoms with Gasteiger partial charge in [-0.2, -0.15) is 4.68 Å². The summed E-state index contributed by atoms with van der Waals surface area (Å²) in [5, 5.41) is 34.2. The fraction of sp³-hybridized carbons (Fsp3) is 0.192. The Morgan fingerprint density at radius 3 is 2.38 bits per heavy atom. The average Bonchev–Trinajstić information content (AvgIpc) is 3.37. The standard InChI is InChI=1S/C26H26N6O4S/c27-22(14-17-5-2-1-3-6-17)24(34)28-23(25(35)36)15-18-7-4-8-19(13-18)16-37-26-29-30-31-32(26)20-9-11-21(33)12-10-20/h1-13,22-23,33H,14-16,27H2,(H,28,34)(H,35,36). The lowest BCUT2D eigenvalue weighted by Crippen LogP contribution is -2.50. The normalized spacial score (nSPS) is 12.6. The van der Waals surface area contributed by atoms with E-state index in [2.05, 4.69) is 20.8 Å². The van der Waals surface area contributed by atoms with Gasteiger partial charge in [-0.25, -0.2) is 4.79 Å². The van der Waals surface area contributed by atoms with Crippen LogP contribution in [0.25, 0.3) is 5.69 Å². The number of nitrogens with one attached hydrogen (secondary N) is 1. The van der Waals surface area contributed by atoms with Crippen LogP contribution in [0.1, 0.15) is 16.7 Å². The molecule has 1 amide bonds. The fourth-order valence-electron chi connectivity index (χ4n) is 3.69. The van der Waals surface area contributed by atoms with Crippen LogP contribution < -0.4 is 11.1 Å². The van der Waals surface area contributed by atoms with Gasteiger partial charge in [0.1, 0.15) is 11.8 Å². The number of rotatable bonds is 11. The number of carbonyl (C=O) groups excluding carboxylic acids is 1. The third-order valence-electron chi connectivity index (χ3n) is 5.58. The molecule has 0 spiro atoms.